The molecule has 1 aromatic heterocycles. The second-order valence-corrected chi connectivity index (χ2v) is 7.48. The third-order valence-electron chi connectivity index (χ3n) is 5.49. The van der Waals surface area contributed by atoms with Crippen LogP contribution in [0.1, 0.15) is 12.8 Å². The van der Waals surface area contributed by atoms with E-state index < -0.39 is 0 Å². The van der Waals surface area contributed by atoms with Gasteiger partial charge in [0.25, 0.3) is 0 Å². The predicted molar refractivity (Wildman–Crippen MR) is 121 cm³/mol. The summed E-state index contributed by atoms with van der Waals surface area (Å²) in [7, 11) is 3.17. The number of nitrogens with one attached hydrogen (secondary N) is 1. The number of nitrogens with zero attached hydrogens (tertiary/aromatic N) is 3. The van der Waals surface area contributed by atoms with E-state index in [2.05, 4.69) is 20.2 Å². The van der Waals surface area contributed by atoms with E-state index in [4.69, 9.17) is 9.47 Å². The molecular weight excluding hydrogens is 392 g/mol. The molecule has 0 radical (unpaired) electrons. The summed E-state index contributed by atoms with van der Waals surface area (Å²) in [5.74, 6) is 1.71. The number of ether oxygens (including phenoxy) is 2. The molecule has 4 rings (SSSR count). The number of benzene rings is 2. The number of carbonyl (C=O) groups is 1. The zero-order valence-corrected chi connectivity index (χ0v) is 17.7. The van der Waals surface area contributed by atoms with E-state index >= 15 is 0 Å². The van der Waals surface area contributed by atoms with Crippen molar-refractivity contribution in [3.63, 3.8) is 0 Å². The Hall–Kier alpha value is -3.61. The lowest BCUT2D eigenvalue weighted by molar-refractivity contribution is -0.120. The fourth-order valence-corrected chi connectivity index (χ4v) is 3.77. The molecule has 0 aliphatic carbocycles. The fourth-order valence-electron chi connectivity index (χ4n) is 3.77. The molecule has 1 aliphatic heterocycles. The Morgan fingerprint density at radius 3 is 2.52 bits per heavy atom. The Balaban J connectivity index is 1.43. The van der Waals surface area contributed by atoms with Crippen LogP contribution in [-0.4, -0.2) is 43.2 Å². The molecule has 1 N–H and O–H groups in total. The summed E-state index contributed by atoms with van der Waals surface area (Å²) in [6, 6.07) is 15.4. The number of hydrogen-bond donors (Lipinski definition) is 1. The van der Waals surface area contributed by atoms with Crippen molar-refractivity contribution in [2.75, 3.05) is 37.5 Å². The smallest absolute Gasteiger partial charge is 0.229 e. The van der Waals surface area contributed by atoms with Crippen LogP contribution >= 0.6 is 0 Å². The van der Waals surface area contributed by atoms with Crippen LogP contribution in [0.5, 0.6) is 11.5 Å². The minimum Gasteiger partial charge on any atom is -0.497 e. The summed E-state index contributed by atoms with van der Waals surface area (Å²) in [6.45, 7) is 1.41. The van der Waals surface area contributed by atoms with Gasteiger partial charge in [-0.15, -0.1) is 0 Å². The van der Waals surface area contributed by atoms with Crippen molar-refractivity contribution in [3.8, 4) is 22.6 Å². The lowest BCUT2D eigenvalue weighted by Crippen LogP contribution is -2.41. The van der Waals surface area contributed by atoms with E-state index in [1.165, 1.54) is 0 Å². The van der Waals surface area contributed by atoms with Gasteiger partial charge >= 0.3 is 0 Å². The van der Waals surface area contributed by atoms with E-state index in [-0.39, 0.29) is 11.8 Å². The van der Waals surface area contributed by atoms with Gasteiger partial charge in [-0.1, -0.05) is 30.3 Å². The van der Waals surface area contributed by atoms with Gasteiger partial charge in [0.15, 0.2) is 0 Å². The molecule has 160 valence electrons. The van der Waals surface area contributed by atoms with E-state index in [1.54, 1.807) is 32.4 Å². The largest absolute Gasteiger partial charge is 0.497 e. The van der Waals surface area contributed by atoms with Gasteiger partial charge in [-0.2, -0.15) is 0 Å². The molecular formula is C24H26N4O3. The maximum atomic E-state index is 12.9. The molecule has 1 unspecified atom stereocenters. The van der Waals surface area contributed by atoms with Gasteiger partial charge in [-0.3, -0.25) is 4.79 Å². The predicted octanol–water partition coefficient (Wildman–Crippen LogP) is 4.02. The molecule has 1 saturated heterocycles. The molecule has 7 nitrogen and oxygen atoms in total. The number of aromatic nitrogens is 2. The first-order valence-electron chi connectivity index (χ1n) is 10.3. The number of hydrogen-bond acceptors (Lipinski definition) is 6. The molecule has 7 heteroatoms. The number of carbonyl (C=O) groups excluding carboxylic acids is 1. The summed E-state index contributed by atoms with van der Waals surface area (Å²) in [4.78, 5) is 24.1. The maximum absolute atomic E-state index is 12.9. The lowest BCUT2D eigenvalue weighted by atomic mass is 9.97. The van der Waals surface area contributed by atoms with Gasteiger partial charge in [-0.05, 0) is 30.5 Å². The van der Waals surface area contributed by atoms with Crippen LogP contribution in [0.2, 0.25) is 0 Å². The molecule has 31 heavy (non-hydrogen) atoms. The van der Waals surface area contributed by atoms with E-state index in [9.17, 15) is 4.79 Å². The Morgan fingerprint density at radius 1 is 1.03 bits per heavy atom. The van der Waals surface area contributed by atoms with Gasteiger partial charge in [0.05, 0.1) is 25.8 Å². The van der Waals surface area contributed by atoms with Crippen LogP contribution in [0.15, 0.2) is 60.9 Å². The Morgan fingerprint density at radius 2 is 1.81 bits per heavy atom. The first-order chi connectivity index (χ1) is 15.2. The van der Waals surface area contributed by atoms with E-state index in [0.717, 1.165) is 30.5 Å². The zero-order chi connectivity index (χ0) is 21.6. The maximum Gasteiger partial charge on any atom is 0.229 e. The zero-order valence-electron chi connectivity index (χ0n) is 17.7. The third kappa shape index (κ3) is 4.77. The number of rotatable bonds is 6. The Bertz CT molecular complexity index is 1020. The minimum atomic E-state index is -0.155. The van der Waals surface area contributed by atoms with Crippen molar-refractivity contribution in [2.45, 2.75) is 12.8 Å². The van der Waals surface area contributed by atoms with Gasteiger partial charge in [-0.25, -0.2) is 9.97 Å². The number of piperidine rings is 1. The van der Waals surface area contributed by atoms with Gasteiger partial charge in [0.1, 0.15) is 11.5 Å². The first-order valence-corrected chi connectivity index (χ1v) is 10.3. The molecule has 2 heterocycles. The van der Waals surface area contributed by atoms with Crippen molar-refractivity contribution < 1.29 is 14.3 Å². The molecule has 3 aromatic rings. The monoisotopic (exact) mass is 418 g/mol. The average molecular weight is 418 g/mol. The molecule has 1 atom stereocenters. The number of methoxy groups -OCH3 is 2. The number of amides is 1. The molecule has 1 aliphatic rings. The van der Waals surface area contributed by atoms with Gasteiger partial charge in [0, 0.05) is 37.1 Å². The molecule has 0 bridgehead atoms. The highest BCUT2D eigenvalue weighted by Gasteiger charge is 2.27. The molecule has 0 saturated carbocycles. The molecule has 1 amide bonds. The Kier molecular flexibility index (Phi) is 6.31. The highest BCUT2D eigenvalue weighted by molar-refractivity contribution is 5.94. The van der Waals surface area contributed by atoms with E-state index in [0.29, 0.717) is 29.7 Å². The normalized spacial score (nSPS) is 15.9. The van der Waals surface area contributed by atoms with Crippen LogP contribution in [0.25, 0.3) is 11.1 Å². The summed E-state index contributed by atoms with van der Waals surface area (Å²) in [5.41, 5.74) is 2.69. The van der Waals surface area contributed by atoms with Crippen LogP contribution in [0.4, 0.5) is 11.6 Å². The first kappa shape index (κ1) is 20.7. The van der Waals surface area contributed by atoms with Crippen molar-refractivity contribution in [1.82, 2.24) is 9.97 Å². The van der Waals surface area contributed by atoms with Crippen molar-refractivity contribution in [2.24, 2.45) is 5.92 Å². The van der Waals surface area contributed by atoms with Crippen molar-refractivity contribution in [1.29, 1.82) is 0 Å². The van der Waals surface area contributed by atoms with Gasteiger partial charge < -0.3 is 19.7 Å². The molecule has 2 aromatic carbocycles. The van der Waals surface area contributed by atoms with Crippen LogP contribution in [0, 0.1) is 5.92 Å². The Labute approximate surface area is 182 Å². The van der Waals surface area contributed by atoms with Crippen molar-refractivity contribution >= 4 is 17.5 Å². The van der Waals surface area contributed by atoms with Gasteiger partial charge in [0.2, 0.25) is 11.9 Å². The second-order valence-electron chi connectivity index (χ2n) is 7.48. The highest BCUT2D eigenvalue weighted by Crippen LogP contribution is 2.30. The van der Waals surface area contributed by atoms with E-state index in [1.807, 2.05) is 42.7 Å². The summed E-state index contributed by atoms with van der Waals surface area (Å²) < 4.78 is 10.6. The SMILES string of the molecule is COc1ccc(NC(=O)C2CCCN(c3ncc(-c4ccccc4)cn3)C2)c(OC)c1. The standard InChI is InChI=1S/C24H26N4O3/c1-30-20-10-11-21(22(13-20)31-2)27-23(29)18-9-6-12-28(16-18)24-25-14-19(15-26-24)17-7-4-3-5-8-17/h3-5,7-8,10-11,13-15,18H,6,9,12,16H2,1-2H3,(H,27,29). The van der Waals surface area contributed by atoms with Crippen LogP contribution in [-0.2, 0) is 4.79 Å². The van der Waals surface area contributed by atoms with Crippen LogP contribution < -0.4 is 19.7 Å². The lowest BCUT2D eigenvalue weighted by Gasteiger charge is -2.32. The summed E-state index contributed by atoms with van der Waals surface area (Å²) >= 11 is 0. The summed E-state index contributed by atoms with van der Waals surface area (Å²) in [5, 5.41) is 3.00. The van der Waals surface area contributed by atoms with Crippen LogP contribution in [0.3, 0.4) is 0 Å². The van der Waals surface area contributed by atoms with Crippen molar-refractivity contribution in [3.05, 3.63) is 60.9 Å². The highest BCUT2D eigenvalue weighted by atomic mass is 16.5. The average Bonchev–Trinajstić information content (AvgIpc) is 2.85. The fraction of sp³-hybridized carbons (Fsp3) is 0.292. The molecule has 1 fully saturated rings. The minimum absolute atomic E-state index is 0.0333. The quantitative estimate of drug-likeness (QED) is 0.652. The summed E-state index contributed by atoms with van der Waals surface area (Å²) in [6.07, 6.45) is 5.40. The third-order valence-corrected chi connectivity index (χ3v) is 5.49. The number of anilines is 2. The second kappa shape index (κ2) is 9.47. The molecule has 0 spiro atoms. The topological polar surface area (TPSA) is 76.6 Å².